The lowest BCUT2D eigenvalue weighted by Gasteiger charge is -2.29. The normalized spacial score (nSPS) is 18.0. The second-order valence-corrected chi connectivity index (χ2v) is 9.76. The summed E-state index contributed by atoms with van der Waals surface area (Å²) >= 11 is 1.25. The summed E-state index contributed by atoms with van der Waals surface area (Å²) in [4.78, 5) is 37.9. The predicted molar refractivity (Wildman–Crippen MR) is 135 cm³/mol. The molecule has 2 atom stereocenters. The maximum Gasteiger partial charge on any atom is 0.341 e. The van der Waals surface area contributed by atoms with Crippen molar-refractivity contribution in [3.63, 3.8) is 0 Å². The Kier molecular flexibility index (Phi) is 8.67. The van der Waals surface area contributed by atoms with E-state index in [2.05, 4.69) is 24.4 Å². The Labute approximate surface area is 205 Å². The monoisotopic (exact) mass is 483 g/mol. The third-order valence-electron chi connectivity index (χ3n) is 6.51. The van der Waals surface area contributed by atoms with E-state index < -0.39 is 23.8 Å². The summed E-state index contributed by atoms with van der Waals surface area (Å²) < 4.78 is 5.30. The van der Waals surface area contributed by atoms with Gasteiger partial charge in [0.25, 0.3) is 0 Å². The second kappa shape index (κ2) is 11.5. The van der Waals surface area contributed by atoms with Crippen LogP contribution >= 0.6 is 11.3 Å². The molecular weight excluding hydrogens is 450 g/mol. The van der Waals surface area contributed by atoms with E-state index in [1.165, 1.54) is 16.9 Å². The maximum atomic E-state index is 13.2. The van der Waals surface area contributed by atoms with Crippen molar-refractivity contribution in [2.45, 2.75) is 59.8 Å². The van der Waals surface area contributed by atoms with Crippen LogP contribution in [0, 0.1) is 11.8 Å². The van der Waals surface area contributed by atoms with Crippen molar-refractivity contribution < 1.29 is 24.2 Å². The van der Waals surface area contributed by atoms with Crippen molar-refractivity contribution in [3.8, 4) is 11.1 Å². The number of hydrogen-bond acceptors (Lipinski definition) is 5. The minimum atomic E-state index is -0.979. The molecule has 1 amide bonds. The molecule has 6 nitrogen and oxygen atoms in total. The fourth-order valence-electron chi connectivity index (χ4n) is 4.33. The Hall–Kier alpha value is -2.93. The first-order valence-electron chi connectivity index (χ1n) is 11.8. The molecule has 2 N–H and O–H groups in total. The van der Waals surface area contributed by atoms with E-state index in [1.807, 2.05) is 31.4 Å². The Bertz CT molecular complexity index is 1080. The van der Waals surface area contributed by atoms with Gasteiger partial charge >= 0.3 is 11.9 Å². The molecule has 1 heterocycles. The number of carboxylic acid groups (broad SMARTS) is 1. The highest BCUT2D eigenvalue weighted by atomic mass is 32.1. The molecule has 0 saturated carbocycles. The number of rotatable bonds is 9. The van der Waals surface area contributed by atoms with Crippen molar-refractivity contribution in [1.29, 1.82) is 0 Å². The van der Waals surface area contributed by atoms with Crippen molar-refractivity contribution in [2.24, 2.45) is 11.8 Å². The van der Waals surface area contributed by atoms with E-state index in [1.54, 1.807) is 6.92 Å². The number of anilines is 1. The van der Waals surface area contributed by atoms with E-state index in [0.29, 0.717) is 29.0 Å². The molecule has 1 aromatic heterocycles. The minimum absolute atomic E-state index is 0.213. The summed E-state index contributed by atoms with van der Waals surface area (Å²) in [7, 11) is 0. The first kappa shape index (κ1) is 25.7. The number of thiophene rings is 1. The number of allylic oxidation sites excluding steroid dienone is 2. The largest absolute Gasteiger partial charge is 0.481 e. The fraction of sp³-hybridized carbons (Fsp3) is 0.444. The Morgan fingerprint density at radius 2 is 1.71 bits per heavy atom. The van der Waals surface area contributed by atoms with Gasteiger partial charge in [-0.05, 0) is 57.6 Å². The van der Waals surface area contributed by atoms with Gasteiger partial charge < -0.3 is 15.2 Å². The van der Waals surface area contributed by atoms with Crippen LogP contribution in [0.4, 0.5) is 5.00 Å². The van der Waals surface area contributed by atoms with Gasteiger partial charge in [0, 0.05) is 10.9 Å². The van der Waals surface area contributed by atoms with Crippen LogP contribution in [0.15, 0.2) is 40.8 Å². The molecule has 34 heavy (non-hydrogen) atoms. The van der Waals surface area contributed by atoms with Gasteiger partial charge in [0.2, 0.25) is 5.91 Å². The average molecular weight is 484 g/mol. The molecule has 7 heteroatoms. The third-order valence-corrected chi connectivity index (χ3v) is 7.41. The summed E-state index contributed by atoms with van der Waals surface area (Å²) in [6.45, 7) is 7.96. The molecule has 182 valence electrons. The number of ether oxygens (including phenoxy) is 1. The van der Waals surface area contributed by atoms with Crippen LogP contribution in [0.3, 0.4) is 0 Å². The summed E-state index contributed by atoms with van der Waals surface area (Å²) in [5, 5.41) is 14.8. The highest BCUT2D eigenvalue weighted by molar-refractivity contribution is 7.15. The van der Waals surface area contributed by atoms with Gasteiger partial charge in [-0.1, -0.05) is 48.8 Å². The zero-order valence-corrected chi connectivity index (χ0v) is 21.1. The fourth-order valence-corrected chi connectivity index (χ4v) is 5.29. The van der Waals surface area contributed by atoms with Crippen molar-refractivity contribution in [2.75, 3.05) is 11.9 Å². The number of carbonyl (C=O) groups is 3. The van der Waals surface area contributed by atoms with Gasteiger partial charge in [-0.25, -0.2) is 4.79 Å². The first-order valence-corrected chi connectivity index (χ1v) is 12.7. The lowest BCUT2D eigenvalue weighted by Crippen LogP contribution is -2.36. The molecule has 1 aliphatic rings. The third kappa shape index (κ3) is 5.76. The molecule has 2 aromatic rings. The van der Waals surface area contributed by atoms with Gasteiger partial charge in [0.15, 0.2) is 0 Å². The number of nitrogens with one attached hydrogen (secondary N) is 1. The van der Waals surface area contributed by atoms with Crippen LogP contribution in [0.5, 0.6) is 0 Å². The summed E-state index contributed by atoms with van der Waals surface area (Å²) in [5.74, 6) is -3.35. The van der Waals surface area contributed by atoms with Crippen molar-refractivity contribution >= 4 is 34.2 Å². The van der Waals surface area contributed by atoms with Gasteiger partial charge in [-0.15, -0.1) is 11.3 Å². The maximum absolute atomic E-state index is 13.2. The Morgan fingerprint density at radius 1 is 1.06 bits per heavy atom. The number of carboxylic acids is 1. The van der Waals surface area contributed by atoms with Crippen molar-refractivity contribution in [3.05, 3.63) is 51.9 Å². The smallest absolute Gasteiger partial charge is 0.341 e. The van der Waals surface area contributed by atoms with Crippen LogP contribution < -0.4 is 5.32 Å². The molecular formula is C27H33NO5S. The van der Waals surface area contributed by atoms with E-state index in [9.17, 15) is 19.5 Å². The highest BCUT2D eigenvalue weighted by Gasteiger charge is 2.38. The lowest BCUT2D eigenvalue weighted by atomic mass is 9.76. The Morgan fingerprint density at radius 3 is 2.29 bits per heavy atom. The van der Waals surface area contributed by atoms with Crippen molar-refractivity contribution in [1.82, 2.24) is 0 Å². The summed E-state index contributed by atoms with van der Waals surface area (Å²) in [6.07, 6.45) is 3.99. The van der Waals surface area contributed by atoms with Gasteiger partial charge in [-0.3, -0.25) is 9.59 Å². The molecule has 1 aliphatic carbocycles. The lowest BCUT2D eigenvalue weighted by molar-refractivity contribution is -0.146. The second-order valence-electron chi connectivity index (χ2n) is 8.88. The summed E-state index contributed by atoms with van der Waals surface area (Å²) in [6, 6.07) is 8.10. The number of unbranched alkanes of at least 4 members (excludes halogenated alkanes) is 1. The molecule has 0 radical (unpaired) electrons. The number of aliphatic carboxylic acids is 1. The van der Waals surface area contributed by atoms with E-state index in [-0.39, 0.29) is 12.5 Å². The first-order chi connectivity index (χ1) is 16.3. The number of esters is 1. The quantitative estimate of drug-likeness (QED) is 0.322. The average Bonchev–Trinajstić information content (AvgIpc) is 3.23. The number of aryl methyl sites for hydroxylation is 1. The van der Waals surface area contributed by atoms with E-state index >= 15 is 0 Å². The highest BCUT2D eigenvalue weighted by Crippen LogP contribution is 2.39. The van der Waals surface area contributed by atoms with Gasteiger partial charge in [0.05, 0.1) is 18.4 Å². The molecule has 0 bridgehead atoms. The SMILES string of the molecule is CCCCc1ccc(-c2csc(NC(=O)[C@@H]3CC(C)=C(C)C[C@@H]3C(=O)O)c2C(=O)OCC)cc1. The zero-order chi connectivity index (χ0) is 24.8. The number of hydrogen-bond donors (Lipinski definition) is 2. The molecule has 0 unspecified atom stereocenters. The Balaban J connectivity index is 1.91. The van der Waals surface area contributed by atoms with Gasteiger partial charge in [0.1, 0.15) is 10.6 Å². The topological polar surface area (TPSA) is 92.7 Å². The molecule has 3 rings (SSSR count). The molecule has 0 spiro atoms. The molecule has 0 fully saturated rings. The molecule has 0 aliphatic heterocycles. The number of benzene rings is 1. The van der Waals surface area contributed by atoms with Crippen LogP contribution in [0.25, 0.3) is 11.1 Å². The molecule has 1 aromatic carbocycles. The van der Waals surface area contributed by atoms with Crippen LogP contribution in [-0.2, 0) is 20.7 Å². The predicted octanol–water partition coefficient (Wildman–Crippen LogP) is 6.32. The van der Waals surface area contributed by atoms with Gasteiger partial charge in [-0.2, -0.15) is 0 Å². The number of carbonyl (C=O) groups excluding carboxylic acids is 2. The standard InChI is InChI=1S/C27H33NO5S/c1-5-7-8-18-9-11-19(12-10-18)22-15-34-25(23(22)27(32)33-6-2)28-24(29)20-13-16(3)17(4)14-21(20)26(30)31/h9-12,15,20-21H,5-8,13-14H2,1-4H3,(H,28,29)(H,30,31)/t20-,21+/m1/s1. The van der Waals surface area contributed by atoms with E-state index in [0.717, 1.165) is 36.0 Å². The van der Waals surface area contributed by atoms with Crippen LogP contribution in [0.1, 0.15) is 69.3 Å². The zero-order valence-electron chi connectivity index (χ0n) is 20.3. The number of amides is 1. The molecule has 0 saturated heterocycles. The van der Waals surface area contributed by atoms with E-state index in [4.69, 9.17) is 4.74 Å². The summed E-state index contributed by atoms with van der Waals surface area (Å²) in [5.41, 5.74) is 5.18. The van der Waals surface area contributed by atoms with Crippen LogP contribution in [-0.4, -0.2) is 29.6 Å². The van der Waals surface area contributed by atoms with Crippen LogP contribution in [0.2, 0.25) is 0 Å². The minimum Gasteiger partial charge on any atom is -0.481 e.